The van der Waals surface area contributed by atoms with Gasteiger partial charge in [-0.05, 0) is 60.8 Å². The Labute approximate surface area is 275 Å². The van der Waals surface area contributed by atoms with E-state index < -0.39 is 35.8 Å². The number of nitrogens with one attached hydrogen (secondary N) is 3. The molecule has 0 radical (unpaired) electrons. The quantitative estimate of drug-likeness (QED) is 0.172. The van der Waals surface area contributed by atoms with Crippen molar-refractivity contribution in [2.24, 2.45) is 5.92 Å². The summed E-state index contributed by atoms with van der Waals surface area (Å²) >= 11 is 0. The summed E-state index contributed by atoms with van der Waals surface area (Å²) in [6, 6.07) is 20.2. The van der Waals surface area contributed by atoms with E-state index in [0.717, 1.165) is 35.0 Å². The largest absolute Gasteiger partial charge is 0.487 e. The van der Waals surface area contributed by atoms with Crippen LogP contribution in [0, 0.1) is 5.92 Å². The summed E-state index contributed by atoms with van der Waals surface area (Å²) < 4.78 is 45.0. The Kier molecular flexibility index (Phi) is 10.1. The molecule has 4 N–H and O–H groups in total. The minimum Gasteiger partial charge on any atom is -0.487 e. The average molecular weight is 664 g/mol. The molecule has 4 aromatic carbocycles. The Balaban J connectivity index is 1.34. The van der Waals surface area contributed by atoms with E-state index >= 15 is 0 Å². The third kappa shape index (κ3) is 7.80. The molecule has 1 aliphatic rings. The zero-order valence-electron chi connectivity index (χ0n) is 26.5. The van der Waals surface area contributed by atoms with Crippen LogP contribution in [0.15, 0.2) is 84.9 Å². The van der Waals surface area contributed by atoms with Crippen LogP contribution in [0.2, 0.25) is 0 Å². The summed E-state index contributed by atoms with van der Waals surface area (Å²) in [5.41, 5.74) is 0.308. The molecule has 13 heteroatoms. The van der Waals surface area contributed by atoms with E-state index in [-0.39, 0.29) is 54.3 Å². The van der Waals surface area contributed by atoms with Gasteiger partial charge in [-0.3, -0.25) is 4.79 Å². The molecule has 5 rings (SSSR count). The molecule has 0 fully saturated rings. The Morgan fingerprint density at radius 1 is 0.979 bits per heavy atom. The second-order valence-electron chi connectivity index (χ2n) is 11.8. The number of carbonyl (C=O) groups excluding carboxylic acids is 3. The van der Waals surface area contributed by atoms with E-state index in [1.165, 1.54) is 28.0 Å². The van der Waals surface area contributed by atoms with Crippen molar-refractivity contribution in [1.29, 1.82) is 0 Å². The SMILES string of the molecule is C[C@@H]1CN([C@@H](C)CO)C(=O)c2cc(NC(=O)Nc3ccc(C(F)(F)F)cc3)ccc2O[C@H]1CN(C)C(=O)Nc1cccc2ccccc12. The topological polar surface area (TPSA) is 123 Å². The van der Waals surface area contributed by atoms with Gasteiger partial charge in [-0.2, -0.15) is 13.2 Å². The van der Waals surface area contributed by atoms with Gasteiger partial charge in [-0.15, -0.1) is 0 Å². The molecule has 10 nitrogen and oxygen atoms in total. The number of anilines is 3. The van der Waals surface area contributed by atoms with Crippen LogP contribution in [0.1, 0.15) is 29.8 Å². The molecule has 0 saturated carbocycles. The molecular weight excluding hydrogens is 627 g/mol. The number of benzene rings is 4. The van der Waals surface area contributed by atoms with Gasteiger partial charge in [-0.25, -0.2) is 9.59 Å². The van der Waals surface area contributed by atoms with Crippen molar-refractivity contribution in [3.05, 3.63) is 96.1 Å². The van der Waals surface area contributed by atoms with Gasteiger partial charge in [0, 0.05) is 36.3 Å². The molecule has 0 spiro atoms. The molecule has 0 bridgehead atoms. The lowest BCUT2D eigenvalue weighted by atomic mass is 9.99. The molecule has 252 valence electrons. The van der Waals surface area contributed by atoms with Crippen molar-refractivity contribution in [2.45, 2.75) is 32.2 Å². The first-order valence-corrected chi connectivity index (χ1v) is 15.3. The van der Waals surface area contributed by atoms with Gasteiger partial charge in [0.15, 0.2) is 0 Å². The molecule has 0 unspecified atom stereocenters. The Morgan fingerprint density at radius 3 is 2.35 bits per heavy atom. The fourth-order valence-corrected chi connectivity index (χ4v) is 5.45. The van der Waals surface area contributed by atoms with E-state index in [4.69, 9.17) is 4.74 Å². The molecule has 48 heavy (non-hydrogen) atoms. The molecule has 0 aliphatic carbocycles. The summed E-state index contributed by atoms with van der Waals surface area (Å²) in [5.74, 6) is -0.454. The third-order valence-electron chi connectivity index (χ3n) is 8.22. The Bertz CT molecular complexity index is 1790. The summed E-state index contributed by atoms with van der Waals surface area (Å²) in [6.07, 6.45) is -5.07. The van der Waals surface area contributed by atoms with E-state index in [9.17, 15) is 32.7 Å². The maximum absolute atomic E-state index is 13.8. The first kappa shape index (κ1) is 34.0. The number of rotatable bonds is 7. The van der Waals surface area contributed by atoms with Crippen molar-refractivity contribution in [2.75, 3.05) is 42.7 Å². The highest BCUT2D eigenvalue weighted by molar-refractivity contribution is 6.03. The van der Waals surface area contributed by atoms with E-state index in [1.54, 1.807) is 14.0 Å². The van der Waals surface area contributed by atoms with Crippen molar-refractivity contribution in [1.82, 2.24) is 9.80 Å². The van der Waals surface area contributed by atoms with E-state index in [1.807, 2.05) is 49.4 Å². The normalized spacial score (nSPS) is 17.0. The highest BCUT2D eigenvalue weighted by Gasteiger charge is 2.34. The molecule has 1 aliphatic heterocycles. The van der Waals surface area contributed by atoms with Gasteiger partial charge < -0.3 is 35.6 Å². The number of hydrogen-bond acceptors (Lipinski definition) is 5. The number of aliphatic hydroxyl groups excluding tert-OH is 1. The number of likely N-dealkylation sites (N-methyl/N-ethyl adjacent to an activating group) is 1. The van der Waals surface area contributed by atoms with E-state index in [0.29, 0.717) is 5.69 Å². The summed E-state index contributed by atoms with van der Waals surface area (Å²) in [7, 11) is 1.65. The minimum atomic E-state index is -4.51. The molecule has 0 aromatic heterocycles. The summed E-state index contributed by atoms with van der Waals surface area (Å²) in [4.78, 5) is 42.8. The number of fused-ring (bicyclic) bond motifs is 2. The molecular formula is C35H36F3N5O5. The highest BCUT2D eigenvalue weighted by Crippen LogP contribution is 2.32. The molecule has 5 amide bonds. The number of carbonyl (C=O) groups is 3. The lowest BCUT2D eigenvalue weighted by Crippen LogP contribution is -2.50. The Morgan fingerprint density at radius 2 is 1.65 bits per heavy atom. The van der Waals surface area contributed by atoms with Crippen LogP contribution >= 0.6 is 0 Å². The smallest absolute Gasteiger partial charge is 0.416 e. The van der Waals surface area contributed by atoms with Gasteiger partial charge in [0.05, 0.1) is 36.0 Å². The van der Waals surface area contributed by atoms with Gasteiger partial charge >= 0.3 is 18.2 Å². The zero-order chi connectivity index (χ0) is 34.6. The second kappa shape index (κ2) is 14.2. The lowest BCUT2D eigenvalue weighted by Gasteiger charge is -2.38. The predicted octanol–water partition coefficient (Wildman–Crippen LogP) is 6.89. The molecule has 0 saturated heterocycles. The van der Waals surface area contributed by atoms with Crippen LogP contribution in [-0.4, -0.2) is 71.8 Å². The fourth-order valence-electron chi connectivity index (χ4n) is 5.45. The standard InChI is InChI=1S/C35H36F3N5O5/c1-21-18-43(22(2)20-44)32(45)28-17-26(40-33(46)39-25-13-11-24(12-14-25)35(36,37)38)15-16-30(28)48-31(21)19-42(3)34(47)41-29-10-6-8-23-7-4-5-9-27(23)29/h4-17,21-22,31,44H,18-20H2,1-3H3,(H,41,47)(H2,39,40,46)/t21-,22+,31+/m1/s1. The van der Waals surface area contributed by atoms with E-state index in [2.05, 4.69) is 16.0 Å². The molecule has 4 aromatic rings. The zero-order valence-corrected chi connectivity index (χ0v) is 26.5. The number of nitrogens with zero attached hydrogens (tertiary/aromatic N) is 2. The number of ether oxygens (including phenoxy) is 1. The molecule has 3 atom stereocenters. The lowest BCUT2D eigenvalue weighted by molar-refractivity contribution is -0.137. The first-order chi connectivity index (χ1) is 22.8. The number of hydrogen-bond donors (Lipinski definition) is 4. The van der Waals surface area contributed by atoms with Crippen molar-refractivity contribution in [3.63, 3.8) is 0 Å². The average Bonchev–Trinajstić information content (AvgIpc) is 3.06. The van der Waals surface area contributed by atoms with Crippen LogP contribution in [0.5, 0.6) is 5.75 Å². The second-order valence-corrected chi connectivity index (χ2v) is 11.8. The van der Waals surface area contributed by atoms with Gasteiger partial charge in [0.1, 0.15) is 11.9 Å². The fraction of sp³-hybridized carbons (Fsp3) is 0.286. The number of urea groups is 2. The van der Waals surface area contributed by atoms with Gasteiger partial charge in [0.2, 0.25) is 0 Å². The summed E-state index contributed by atoms with van der Waals surface area (Å²) in [6.45, 7) is 3.71. The Hall–Kier alpha value is -5.30. The van der Waals surface area contributed by atoms with Crippen LogP contribution in [-0.2, 0) is 6.18 Å². The van der Waals surface area contributed by atoms with Crippen LogP contribution < -0.4 is 20.7 Å². The third-order valence-corrected chi connectivity index (χ3v) is 8.22. The van der Waals surface area contributed by atoms with Crippen molar-refractivity contribution in [3.8, 4) is 5.75 Å². The monoisotopic (exact) mass is 663 g/mol. The van der Waals surface area contributed by atoms with Crippen molar-refractivity contribution >= 4 is 45.8 Å². The maximum atomic E-state index is 13.8. The van der Waals surface area contributed by atoms with Crippen LogP contribution in [0.4, 0.5) is 39.8 Å². The van der Waals surface area contributed by atoms with Gasteiger partial charge in [0.25, 0.3) is 5.91 Å². The number of amides is 5. The predicted molar refractivity (Wildman–Crippen MR) is 177 cm³/mol. The number of aliphatic hydroxyl groups is 1. The van der Waals surface area contributed by atoms with Gasteiger partial charge in [-0.1, -0.05) is 43.3 Å². The summed E-state index contributed by atoms with van der Waals surface area (Å²) in [5, 5.41) is 19.9. The number of halogens is 3. The molecule has 1 heterocycles. The van der Waals surface area contributed by atoms with Crippen LogP contribution in [0.3, 0.4) is 0 Å². The maximum Gasteiger partial charge on any atom is 0.416 e. The number of alkyl halides is 3. The van der Waals surface area contributed by atoms with Crippen molar-refractivity contribution < 1.29 is 37.4 Å². The first-order valence-electron chi connectivity index (χ1n) is 15.3. The minimum absolute atomic E-state index is 0.127. The highest BCUT2D eigenvalue weighted by atomic mass is 19.4. The van der Waals surface area contributed by atoms with Crippen LogP contribution in [0.25, 0.3) is 10.8 Å².